The first-order valence-electron chi connectivity index (χ1n) is 15.2. The van der Waals surface area contributed by atoms with Crippen LogP contribution >= 0.6 is 0 Å². The van der Waals surface area contributed by atoms with Crippen molar-refractivity contribution in [2.24, 2.45) is 22.7 Å². The molecular weight excluding hydrogens is 510 g/mol. The highest BCUT2D eigenvalue weighted by Gasteiger charge is 2.56. The van der Waals surface area contributed by atoms with Crippen molar-refractivity contribution in [3.8, 4) is 12.3 Å². The lowest BCUT2D eigenvalue weighted by atomic mass is 9.53. The number of ether oxygens (including phenoxy) is 1. The molecule has 222 valence electrons. The number of nitrogens with zero attached hydrogens (tertiary/aromatic N) is 1. The zero-order chi connectivity index (χ0) is 30.3. The van der Waals surface area contributed by atoms with Crippen LogP contribution in [-0.2, 0) is 9.53 Å². The minimum Gasteiger partial charge on any atom is -0.443 e. The van der Waals surface area contributed by atoms with E-state index in [1.807, 2.05) is 59.8 Å². The predicted molar refractivity (Wildman–Crippen MR) is 166 cm³/mol. The minimum absolute atomic E-state index is 0.0694. The third-order valence-electron chi connectivity index (χ3n) is 9.46. The van der Waals surface area contributed by atoms with Crippen LogP contribution in [0.4, 0.5) is 10.5 Å². The fraction of sp³-hybridized carbons (Fsp3) is 0.611. The second kappa shape index (κ2) is 11.4. The van der Waals surface area contributed by atoms with Crippen LogP contribution in [0.5, 0.6) is 0 Å². The number of aliphatic hydroxyl groups excluding tert-OH is 1. The number of amides is 1. The summed E-state index contributed by atoms with van der Waals surface area (Å²) in [6, 6.07) is 8.29. The molecule has 0 radical (unpaired) electrons. The Labute approximate surface area is 247 Å². The van der Waals surface area contributed by atoms with Gasteiger partial charge in [0.1, 0.15) is 5.60 Å². The van der Waals surface area contributed by atoms with E-state index in [-0.39, 0.29) is 34.7 Å². The van der Waals surface area contributed by atoms with Crippen LogP contribution in [0, 0.1) is 35.0 Å². The van der Waals surface area contributed by atoms with Crippen molar-refractivity contribution in [3.05, 3.63) is 52.6 Å². The van der Waals surface area contributed by atoms with Crippen LogP contribution in [0.25, 0.3) is 0 Å². The van der Waals surface area contributed by atoms with Crippen LogP contribution < -0.4 is 4.90 Å². The van der Waals surface area contributed by atoms with Crippen LogP contribution in [0.2, 0.25) is 0 Å². The lowest BCUT2D eigenvalue weighted by Crippen LogP contribution is -2.45. The van der Waals surface area contributed by atoms with Gasteiger partial charge in [0.2, 0.25) is 0 Å². The number of anilines is 1. The summed E-state index contributed by atoms with van der Waals surface area (Å²) in [5, 5.41) is 11.0. The van der Waals surface area contributed by atoms with Gasteiger partial charge in [0.15, 0.2) is 5.78 Å². The molecule has 5 atom stereocenters. The fourth-order valence-corrected chi connectivity index (χ4v) is 7.30. The fourth-order valence-electron chi connectivity index (χ4n) is 7.30. The van der Waals surface area contributed by atoms with E-state index >= 15 is 0 Å². The standard InChI is InChI=1S/C30H39NO4.C6H10/c1-29(2,3)35-28(34)31(5)20-9-6-18(7-10-20)24-17-30(4)25(14-15-26(30)33)23-12-8-19-16-21(32)11-13-22(19)27(23)24;1-5-6(2,3)4/h6-7,9-10,16,23-26,33H,8,11-15,17H2,1-5H3;1H,2-4H3. The number of allylic oxidation sites excluding steroid dienone is 4. The minimum atomic E-state index is -0.544. The normalized spacial score (nSPS) is 29.2. The summed E-state index contributed by atoms with van der Waals surface area (Å²) in [4.78, 5) is 26.3. The highest BCUT2D eigenvalue weighted by Crippen LogP contribution is 2.63. The number of carbonyl (C=O) groups is 2. The number of aliphatic hydroxyl groups is 1. The first-order chi connectivity index (χ1) is 19.0. The van der Waals surface area contributed by atoms with Gasteiger partial charge in [-0.15, -0.1) is 12.3 Å². The van der Waals surface area contributed by atoms with Gasteiger partial charge in [0.25, 0.3) is 0 Å². The third kappa shape index (κ3) is 6.64. The van der Waals surface area contributed by atoms with Crippen molar-refractivity contribution in [1.82, 2.24) is 0 Å². The van der Waals surface area contributed by atoms with Crippen molar-refractivity contribution in [1.29, 1.82) is 0 Å². The molecule has 5 rings (SSSR count). The van der Waals surface area contributed by atoms with Crippen LogP contribution in [0.15, 0.2) is 47.1 Å². The van der Waals surface area contributed by atoms with E-state index in [4.69, 9.17) is 11.2 Å². The first-order valence-corrected chi connectivity index (χ1v) is 15.2. The van der Waals surface area contributed by atoms with E-state index < -0.39 is 5.60 Å². The number of hydrogen-bond acceptors (Lipinski definition) is 4. The van der Waals surface area contributed by atoms with Gasteiger partial charge in [-0.3, -0.25) is 9.69 Å². The zero-order valence-electron chi connectivity index (χ0n) is 26.3. The van der Waals surface area contributed by atoms with Gasteiger partial charge in [0.05, 0.1) is 6.10 Å². The largest absolute Gasteiger partial charge is 0.443 e. The summed E-state index contributed by atoms with van der Waals surface area (Å²) in [5.41, 5.74) is 5.67. The molecular formula is C36H49NO4. The summed E-state index contributed by atoms with van der Waals surface area (Å²) in [7, 11) is 1.74. The van der Waals surface area contributed by atoms with Gasteiger partial charge in [-0.2, -0.15) is 0 Å². The number of carbonyl (C=O) groups excluding carboxylic acids is 2. The summed E-state index contributed by atoms with van der Waals surface area (Å²) in [5.74, 6) is 4.06. The van der Waals surface area contributed by atoms with E-state index in [0.717, 1.165) is 44.2 Å². The van der Waals surface area contributed by atoms with Gasteiger partial charge in [0, 0.05) is 30.5 Å². The Morgan fingerprint density at radius 2 is 1.68 bits per heavy atom. The van der Waals surface area contributed by atoms with Crippen molar-refractivity contribution in [2.75, 3.05) is 11.9 Å². The second-order valence-electron chi connectivity index (χ2n) is 14.7. The molecule has 41 heavy (non-hydrogen) atoms. The van der Waals surface area contributed by atoms with Gasteiger partial charge in [-0.05, 0) is 132 Å². The molecule has 0 heterocycles. The zero-order valence-corrected chi connectivity index (χ0v) is 26.3. The molecule has 1 aromatic carbocycles. The van der Waals surface area contributed by atoms with Crippen LogP contribution in [-0.4, -0.2) is 35.7 Å². The molecule has 0 aliphatic heterocycles. The Morgan fingerprint density at radius 3 is 2.27 bits per heavy atom. The molecule has 0 spiro atoms. The third-order valence-corrected chi connectivity index (χ3v) is 9.46. The number of rotatable bonds is 2. The maximum Gasteiger partial charge on any atom is 0.414 e. The number of hydrogen-bond donors (Lipinski definition) is 1. The number of fused-ring (bicyclic) bond motifs is 4. The summed E-state index contributed by atoms with van der Waals surface area (Å²) >= 11 is 0. The van der Waals surface area contributed by atoms with E-state index in [2.05, 4.69) is 25.0 Å². The Kier molecular flexibility index (Phi) is 8.68. The predicted octanol–water partition coefficient (Wildman–Crippen LogP) is 7.98. The number of ketones is 1. The van der Waals surface area contributed by atoms with Crippen LogP contribution in [0.3, 0.4) is 0 Å². The molecule has 2 fully saturated rings. The molecule has 4 aliphatic carbocycles. The van der Waals surface area contributed by atoms with E-state index in [9.17, 15) is 14.7 Å². The molecule has 5 heteroatoms. The average molecular weight is 560 g/mol. The second-order valence-corrected chi connectivity index (χ2v) is 14.7. The number of benzene rings is 1. The SMILES string of the molecule is C#CC(C)(C)C.CN(C(=O)OC(C)(C)C)c1ccc(C2CC3(C)C(O)CCC3C3CCC4=CC(=O)CCC4=C23)cc1. The average Bonchev–Trinajstić information content (AvgIpc) is 3.20. The molecule has 1 aromatic rings. The quantitative estimate of drug-likeness (QED) is 0.373. The molecule has 2 saturated carbocycles. The topological polar surface area (TPSA) is 66.8 Å². The molecule has 5 unspecified atom stereocenters. The van der Waals surface area contributed by atoms with Gasteiger partial charge >= 0.3 is 6.09 Å². The molecule has 4 aliphatic rings. The Hall–Kier alpha value is -2.84. The van der Waals surface area contributed by atoms with Crippen molar-refractivity contribution in [2.45, 2.75) is 111 Å². The lowest BCUT2D eigenvalue weighted by Gasteiger charge is -2.52. The summed E-state index contributed by atoms with van der Waals surface area (Å²) < 4.78 is 5.53. The first kappa shape index (κ1) is 31.1. The van der Waals surface area contributed by atoms with Gasteiger partial charge < -0.3 is 9.84 Å². The van der Waals surface area contributed by atoms with Crippen LogP contribution in [0.1, 0.15) is 105 Å². The summed E-state index contributed by atoms with van der Waals surface area (Å²) in [6.07, 6.45) is 12.7. The lowest BCUT2D eigenvalue weighted by molar-refractivity contribution is -0.114. The molecule has 1 N–H and O–H groups in total. The van der Waals surface area contributed by atoms with Gasteiger partial charge in [-0.25, -0.2) is 4.79 Å². The maximum atomic E-state index is 12.6. The monoisotopic (exact) mass is 559 g/mol. The Balaban J connectivity index is 0.000000585. The molecule has 0 bridgehead atoms. The highest BCUT2D eigenvalue weighted by atomic mass is 16.6. The molecule has 0 saturated heterocycles. The Bertz CT molecular complexity index is 1270. The van der Waals surface area contributed by atoms with E-state index in [1.54, 1.807) is 11.9 Å². The molecule has 1 amide bonds. The number of terminal acetylenes is 1. The Morgan fingerprint density at radius 1 is 1.05 bits per heavy atom. The van der Waals surface area contributed by atoms with Gasteiger partial charge in [-0.1, -0.05) is 24.6 Å². The molecule has 5 nitrogen and oxygen atoms in total. The van der Waals surface area contributed by atoms with Crippen molar-refractivity contribution in [3.63, 3.8) is 0 Å². The molecule has 0 aromatic heterocycles. The maximum absolute atomic E-state index is 12.6. The summed E-state index contributed by atoms with van der Waals surface area (Å²) in [6.45, 7) is 13.9. The van der Waals surface area contributed by atoms with Crippen molar-refractivity contribution < 1.29 is 19.4 Å². The van der Waals surface area contributed by atoms with E-state index in [0.29, 0.717) is 18.3 Å². The highest BCUT2D eigenvalue weighted by molar-refractivity contribution is 5.93. The smallest absolute Gasteiger partial charge is 0.414 e. The van der Waals surface area contributed by atoms with Crippen molar-refractivity contribution >= 4 is 17.6 Å². The van der Waals surface area contributed by atoms with E-state index in [1.165, 1.54) is 22.3 Å².